The highest BCUT2D eigenvalue weighted by Gasteiger charge is 2.11. The van der Waals surface area contributed by atoms with Crippen LogP contribution in [0.15, 0.2) is 24.3 Å². The molecule has 1 aromatic rings. The van der Waals surface area contributed by atoms with Gasteiger partial charge in [0, 0.05) is 6.42 Å². The zero-order valence-corrected chi connectivity index (χ0v) is 14.4. The maximum absolute atomic E-state index is 12.4. The molecule has 0 saturated heterocycles. The first-order valence-corrected chi connectivity index (χ1v) is 9.04. The molecule has 0 radical (unpaired) electrons. The number of carbonyl (C=O) groups excluding carboxylic acids is 1. The zero-order valence-electron chi connectivity index (χ0n) is 14.4. The first-order valence-electron chi connectivity index (χ1n) is 9.04. The average molecular weight is 304 g/mol. The molecule has 1 aromatic carbocycles. The number of para-hydroxylation sites is 1. The molecule has 0 unspecified atom stereocenters. The molecule has 0 bridgehead atoms. The lowest BCUT2D eigenvalue weighted by atomic mass is 10.0. The van der Waals surface area contributed by atoms with Crippen molar-refractivity contribution in [3.63, 3.8) is 0 Å². The van der Waals surface area contributed by atoms with Crippen molar-refractivity contribution in [2.45, 2.75) is 78.1 Å². The van der Waals surface area contributed by atoms with Crippen LogP contribution in [-0.2, 0) is 0 Å². The second-order valence-electron chi connectivity index (χ2n) is 5.99. The normalized spacial score (nSPS) is 10.6. The van der Waals surface area contributed by atoms with E-state index in [1.807, 2.05) is 24.3 Å². The lowest BCUT2D eigenvalue weighted by molar-refractivity contribution is 0.0975. The van der Waals surface area contributed by atoms with E-state index in [9.17, 15) is 4.79 Å². The van der Waals surface area contributed by atoms with Crippen LogP contribution in [0.4, 0.5) is 0 Å². The minimum Gasteiger partial charge on any atom is -0.493 e. The number of hydrogen-bond donors (Lipinski definition) is 0. The molecule has 2 nitrogen and oxygen atoms in total. The number of ketones is 1. The van der Waals surface area contributed by atoms with E-state index in [-0.39, 0.29) is 5.78 Å². The second-order valence-corrected chi connectivity index (χ2v) is 5.99. The summed E-state index contributed by atoms with van der Waals surface area (Å²) in [6.45, 7) is 5.11. The second kappa shape index (κ2) is 12.3. The van der Waals surface area contributed by atoms with Crippen molar-refractivity contribution >= 4 is 5.78 Å². The minimum absolute atomic E-state index is 0.224. The third-order valence-electron chi connectivity index (χ3n) is 3.95. The fraction of sp³-hybridized carbons (Fsp3) is 0.650. The van der Waals surface area contributed by atoms with E-state index in [0.717, 1.165) is 30.6 Å². The Morgan fingerprint density at radius 3 is 2.27 bits per heavy atom. The van der Waals surface area contributed by atoms with Crippen molar-refractivity contribution in [3.8, 4) is 5.75 Å². The quantitative estimate of drug-likeness (QED) is 0.321. The molecule has 0 aliphatic carbocycles. The standard InChI is InChI=1S/C20H32O2/c1-3-5-7-8-9-10-15-19(21)18-14-11-12-16-20(18)22-17-13-6-4-2/h11-12,14,16H,3-10,13,15,17H2,1-2H3. The number of hydrogen-bond acceptors (Lipinski definition) is 2. The van der Waals surface area contributed by atoms with Gasteiger partial charge in [-0.1, -0.05) is 70.9 Å². The Bertz CT molecular complexity index is 412. The van der Waals surface area contributed by atoms with Gasteiger partial charge in [-0.05, 0) is 25.0 Å². The highest BCUT2D eigenvalue weighted by Crippen LogP contribution is 2.21. The molecule has 2 heteroatoms. The average Bonchev–Trinajstić information content (AvgIpc) is 2.55. The first-order chi connectivity index (χ1) is 10.8. The van der Waals surface area contributed by atoms with E-state index in [4.69, 9.17) is 4.74 Å². The van der Waals surface area contributed by atoms with E-state index in [1.165, 1.54) is 38.5 Å². The van der Waals surface area contributed by atoms with Crippen molar-refractivity contribution in [2.75, 3.05) is 6.61 Å². The van der Waals surface area contributed by atoms with Crippen LogP contribution in [0.1, 0.15) is 88.4 Å². The number of benzene rings is 1. The van der Waals surface area contributed by atoms with Crippen molar-refractivity contribution in [1.29, 1.82) is 0 Å². The number of unbranched alkanes of at least 4 members (excludes halogenated alkanes) is 7. The Labute approximate surface area is 136 Å². The first kappa shape index (κ1) is 18.7. The van der Waals surface area contributed by atoms with Crippen LogP contribution in [0.5, 0.6) is 5.75 Å². The van der Waals surface area contributed by atoms with Crippen LogP contribution in [0, 0.1) is 0 Å². The SMILES string of the molecule is CCCCCCCCC(=O)c1ccccc1OCCCCC. The number of rotatable bonds is 13. The van der Waals surface area contributed by atoms with Gasteiger partial charge in [-0.25, -0.2) is 0 Å². The highest BCUT2D eigenvalue weighted by molar-refractivity contribution is 5.98. The fourth-order valence-corrected chi connectivity index (χ4v) is 2.56. The third kappa shape index (κ3) is 7.63. The zero-order chi connectivity index (χ0) is 16.0. The molecule has 1 rings (SSSR count). The molecule has 0 aromatic heterocycles. The topological polar surface area (TPSA) is 26.3 Å². The molecule has 124 valence electrons. The lowest BCUT2D eigenvalue weighted by Gasteiger charge is -2.10. The molecule has 0 saturated carbocycles. The smallest absolute Gasteiger partial charge is 0.166 e. The minimum atomic E-state index is 0.224. The van der Waals surface area contributed by atoms with Crippen molar-refractivity contribution in [3.05, 3.63) is 29.8 Å². The van der Waals surface area contributed by atoms with Gasteiger partial charge >= 0.3 is 0 Å². The van der Waals surface area contributed by atoms with Gasteiger partial charge in [-0.15, -0.1) is 0 Å². The summed E-state index contributed by atoms with van der Waals surface area (Å²) in [5.41, 5.74) is 0.757. The fourth-order valence-electron chi connectivity index (χ4n) is 2.56. The highest BCUT2D eigenvalue weighted by atomic mass is 16.5. The van der Waals surface area contributed by atoms with Crippen molar-refractivity contribution < 1.29 is 9.53 Å². The van der Waals surface area contributed by atoms with E-state index < -0.39 is 0 Å². The lowest BCUT2D eigenvalue weighted by Crippen LogP contribution is -2.05. The number of Topliss-reactive ketones (excluding diaryl/α,β-unsaturated/α-hetero) is 1. The molecule has 0 heterocycles. The maximum atomic E-state index is 12.4. The van der Waals surface area contributed by atoms with Crippen LogP contribution in [0.2, 0.25) is 0 Å². The Kier molecular flexibility index (Phi) is 10.4. The van der Waals surface area contributed by atoms with Gasteiger partial charge in [0.05, 0.1) is 12.2 Å². The summed E-state index contributed by atoms with van der Waals surface area (Å²) < 4.78 is 5.80. The summed E-state index contributed by atoms with van der Waals surface area (Å²) in [6, 6.07) is 7.68. The molecule has 22 heavy (non-hydrogen) atoms. The largest absolute Gasteiger partial charge is 0.493 e. The summed E-state index contributed by atoms with van der Waals surface area (Å²) in [6.07, 6.45) is 11.3. The van der Waals surface area contributed by atoms with Crippen LogP contribution in [0.25, 0.3) is 0 Å². The van der Waals surface area contributed by atoms with Gasteiger partial charge in [-0.3, -0.25) is 4.79 Å². The Hall–Kier alpha value is -1.31. The summed E-state index contributed by atoms with van der Waals surface area (Å²) >= 11 is 0. The summed E-state index contributed by atoms with van der Waals surface area (Å²) in [5, 5.41) is 0. The Morgan fingerprint density at radius 1 is 0.864 bits per heavy atom. The number of ether oxygens (including phenoxy) is 1. The van der Waals surface area contributed by atoms with Crippen molar-refractivity contribution in [1.82, 2.24) is 0 Å². The van der Waals surface area contributed by atoms with Gasteiger partial charge in [-0.2, -0.15) is 0 Å². The van der Waals surface area contributed by atoms with Crippen LogP contribution in [0.3, 0.4) is 0 Å². The molecule has 0 amide bonds. The van der Waals surface area contributed by atoms with Crippen LogP contribution in [-0.4, -0.2) is 12.4 Å². The predicted molar refractivity (Wildman–Crippen MR) is 93.8 cm³/mol. The molecular formula is C20H32O2. The van der Waals surface area contributed by atoms with Gasteiger partial charge in [0.25, 0.3) is 0 Å². The monoisotopic (exact) mass is 304 g/mol. The molecule has 0 aliphatic rings. The maximum Gasteiger partial charge on any atom is 0.166 e. The van der Waals surface area contributed by atoms with E-state index >= 15 is 0 Å². The summed E-state index contributed by atoms with van der Waals surface area (Å²) in [5.74, 6) is 0.983. The molecule has 0 spiro atoms. The predicted octanol–water partition coefficient (Wildman–Crippen LogP) is 6.19. The van der Waals surface area contributed by atoms with Gasteiger partial charge in [0.2, 0.25) is 0 Å². The molecule has 0 atom stereocenters. The van der Waals surface area contributed by atoms with Crippen LogP contribution >= 0.6 is 0 Å². The Balaban J connectivity index is 2.37. The van der Waals surface area contributed by atoms with E-state index in [0.29, 0.717) is 13.0 Å². The third-order valence-corrected chi connectivity index (χ3v) is 3.95. The van der Waals surface area contributed by atoms with Gasteiger partial charge in [0.15, 0.2) is 5.78 Å². The molecule has 0 aliphatic heterocycles. The summed E-state index contributed by atoms with van der Waals surface area (Å²) in [4.78, 5) is 12.4. The van der Waals surface area contributed by atoms with E-state index in [1.54, 1.807) is 0 Å². The van der Waals surface area contributed by atoms with E-state index in [2.05, 4.69) is 13.8 Å². The number of carbonyl (C=O) groups is 1. The molecule has 0 N–H and O–H groups in total. The van der Waals surface area contributed by atoms with Crippen LogP contribution < -0.4 is 4.74 Å². The van der Waals surface area contributed by atoms with Crippen molar-refractivity contribution in [2.24, 2.45) is 0 Å². The Morgan fingerprint density at radius 2 is 1.50 bits per heavy atom. The van der Waals surface area contributed by atoms with Gasteiger partial charge < -0.3 is 4.74 Å². The van der Waals surface area contributed by atoms with Gasteiger partial charge in [0.1, 0.15) is 5.75 Å². The summed E-state index contributed by atoms with van der Waals surface area (Å²) in [7, 11) is 0. The molecular weight excluding hydrogens is 272 g/mol. The molecule has 0 fully saturated rings.